The molecule has 2 aromatic rings. The summed E-state index contributed by atoms with van der Waals surface area (Å²) < 4.78 is 37.1. The first-order valence-corrected chi connectivity index (χ1v) is 7.83. The van der Waals surface area contributed by atoms with Gasteiger partial charge in [0.1, 0.15) is 11.5 Å². The highest BCUT2D eigenvalue weighted by Crippen LogP contribution is 2.28. The van der Waals surface area contributed by atoms with Crippen LogP contribution in [0.2, 0.25) is 5.02 Å². The number of sulfonamides is 1. The molecule has 112 valence electrons. The minimum Gasteiger partial charge on any atom is -0.497 e. The molecule has 0 spiro atoms. The first-order valence-electron chi connectivity index (χ1n) is 5.96. The van der Waals surface area contributed by atoms with Gasteiger partial charge in [0.15, 0.2) is 0 Å². The van der Waals surface area contributed by atoms with Crippen LogP contribution in [0.1, 0.15) is 0 Å². The van der Waals surface area contributed by atoms with E-state index in [2.05, 4.69) is 4.72 Å². The molecular weight excluding hydrogens is 314 g/mol. The van der Waals surface area contributed by atoms with Crippen LogP contribution in [0.4, 0.5) is 5.69 Å². The number of ether oxygens (including phenoxy) is 2. The van der Waals surface area contributed by atoms with Crippen molar-refractivity contribution in [2.24, 2.45) is 0 Å². The first-order chi connectivity index (χ1) is 9.96. The zero-order chi connectivity index (χ0) is 15.5. The molecule has 7 heteroatoms. The SMILES string of the molecule is COc1cccc(S(=O)(=O)Nc2ccc(OC)c(Cl)c2)c1. The summed E-state index contributed by atoms with van der Waals surface area (Å²) in [5.41, 5.74) is 0.351. The third-order valence-electron chi connectivity index (χ3n) is 2.76. The van der Waals surface area contributed by atoms with Crippen LogP contribution in [0.25, 0.3) is 0 Å². The second kappa shape index (κ2) is 6.24. The van der Waals surface area contributed by atoms with E-state index in [1.807, 2.05) is 0 Å². The van der Waals surface area contributed by atoms with Gasteiger partial charge in [0.25, 0.3) is 10.0 Å². The average molecular weight is 328 g/mol. The van der Waals surface area contributed by atoms with E-state index < -0.39 is 10.0 Å². The largest absolute Gasteiger partial charge is 0.497 e. The van der Waals surface area contributed by atoms with Crippen LogP contribution in [0.3, 0.4) is 0 Å². The van der Waals surface area contributed by atoms with E-state index >= 15 is 0 Å². The Kier molecular flexibility index (Phi) is 4.59. The van der Waals surface area contributed by atoms with Crippen LogP contribution in [0.5, 0.6) is 11.5 Å². The summed E-state index contributed by atoms with van der Waals surface area (Å²) >= 11 is 5.97. The maximum absolute atomic E-state index is 12.3. The molecule has 0 amide bonds. The van der Waals surface area contributed by atoms with Crippen molar-refractivity contribution < 1.29 is 17.9 Å². The van der Waals surface area contributed by atoms with Crippen molar-refractivity contribution in [3.63, 3.8) is 0 Å². The standard InChI is InChI=1S/C14H14ClNO4S/c1-19-11-4-3-5-12(9-11)21(17,18)16-10-6-7-14(20-2)13(15)8-10/h3-9,16H,1-2H3. The molecule has 0 bridgehead atoms. The molecule has 2 rings (SSSR count). The molecule has 0 saturated carbocycles. The highest BCUT2D eigenvalue weighted by atomic mass is 35.5. The minimum atomic E-state index is -3.71. The molecule has 0 unspecified atom stereocenters. The molecule has 0 aliphatic carbocycles. The Morgan fingerprint density at radius 2 is 1.81 bits per heavy atom. The Hall–Kier alpha value is -1.92. The van der Waals surface area contributed by atoms with E-state index in [9.17, 15) is 8.42 Å². The number of halogens is 1. The highest BCUT2D eigenvalue weighted by molar-refractivity contribution is 7.92. The maximum atomic E-state index is 12.3. The van der Waals surface area contributed by atoms with Gasteiger partial charge in [-0.2, -0.15) is 0 Å². The summed E-state index contributed by atoms with van der Waals surface area (Å²) in [6, 6.07) is 10.8. The van der Waals surface area contributed by atoms with Crippen molar-refractivity contribution in [3.8, 4) is 11.5 Å². The van der Waals surface area contributed by atoms with E-state index in [0.29, 0.717) is 22.2 Å². The Labute approximate surface area is 128 Å². The molecule has 1 N–H and O–H groups in total. The normalized spacial score (nSPS) is 11.0. The summed E-state index contributed by atoms with van der Waals surface area (Å²) in [5, 5.41) is 0.323. The molecule has 0 fully saturated rings. The van der Waals surface area contributed by atoms with Crippen molar-refractivity contribution >= 4 is 27.3 Å². The fourth-order valence-electron chi connectivity index (χ4n) is 1.71. The first kappa shape index (κ1) is 15.5. The minimum absolute atomic E-state index is 0.105. The van der Waals surface area contributed by atoms with E-state index in [1.165, 1.54) is 32.4 Å². The van der Waals surface area contributed by atoms with E-state index in [4.69, 9.17) is 21.1 Å². The second-order valence-corrected chi connectivity index (χ2v) is 6.22. The lowest BCUT2D eigenvalue weighted by Gasteiger charge is -2.10. The van der Waals surface area contributed by atoms with Crippen LogP contribution < -0.4 is 14.2 Å². The molecule has 5 nitrogen and oxygen atoms in total. The van der Waals surface area contributed by atoms with Crippen LogP contribution >= 0.6 is 11.6 Å². The lowest BCUT2D eigenvalue weighted by molar-refractivity contribution is 0.413. The van der Waals surface area contributed by atoms with E-state index in [1.54, 1.807) is 24.3 Å². The quantitative estimate of drug-likeness (QED) is 0.916. The summed E-state index contributed by atoms with van der Waals surface area (Å²) in [5.74, 6) is 0.937. The zero-order valence-electron chi connectivity index (χ0n) is 11.5. The summed E-state index contributed by atoms with van der Waals surface area (Å²) in [6.45, 7) is 0. The highest BCUT2D eigenvalue weighted by Gasteiger charge is 2.15. The van der Waals surface area contributed by atoms with E-state index in [-0.39, 0.29) is 4.90 Å². The molecule has 0 aliphatic rings. The summed E-state index contributed by atoms with van der Waals surface area (Å²) in [4.78, 5) is 0.105. The van der Waals surface area contributed by atoms with E-state index in [0.717, 1.165) is 0 Å². The topological polar surface area (TPSA) is 64.6 Å². The predicted molar refractivity (Wildman–Crippen MR) is 81.8 cm³/mol. The van der Waals surface area contributed by atoms with Gasteiger partial charge >= 0.3 is 0 Å². The van der Waals surface area contributed by atoms with Crippen molar-refractivity contribution in [1.29, 1.82) is 0 Å². The smallest absolute Gasteiger partial charge is 0.262 e. The molecule has 2 aromatic carbocycles. The molecule has 21 heavy (non-hydrogen) atoms. The molecule has 0 saturated heterocycles. The number of hydrogen-bond acceptors (Lipinski definition) is 4. The monoisotopic (exact) mass is 327 g/mol. The summed E-state index contributed by atoms with van der Waals surface area (Å²) in [7, 11) is -0.750. The van der Waals surface area contributed by atoms with Gasteiger partial charge in [-0.25, -0.2) is 8.42 Å². The van der Waals surface area contributed by atoms with Gasteiger partial charge in [-0.1, -0.05) is 17.7 Å². The van der Waals surface area contributed by atoms with Gasteiger partial charge in [-0.05, 0) is 30.3 Å². The average Bonchev–Trinajstić information content (AvgIpc) is 2.47. The molecule has 0 aliphatic heterocycles. The molecule has 0 aromatic heterocycles. The maximum Gasteiger partial charge on any atom is 0.262 e. The lowest BCUT2D eigenvalue weighted by atomic mass is 10.3. The van der Waals surface area contributed by atoms with Gasteiger partial charge in [0, 0.05) is 6.07 Å². The van der Waals surface area contributed by atoms with Crippen molar-refractivity contribution in [2.75, 3.05) is 18.9 Å². The lowest BCUT2D eigenvalue weighted by Crippen LogP contribution is -2.13. The fourth-order valence-corrected chi connectivity index (χ4v) is 3.05. The Bertz CT molecular complexity index is 746. The molecule has 0 heterocycles. The number of methoxy groups -OCH3 is 2. The number of benzene rings is 2. The molecular formula is C14H14ClNO4S. The van der Waals surface area contributed by atoms with Crippen LogP contribution in [0, 0.1) is 0 Å². The van der Waals surface area contributed by atoms with Gasteiger partial charge in [-0.3, -0.25) is 4.72 Å². The Morgan fingerprint density at radius 3 is 2.43 bits per heavy atom. The van der Waals surface area contributed by atoms with Gasteiger partial charge in [-0.15, -0.1) is 0 Å². The van der Waals surface area contributed by atoms with Gasteiger partial charge in [0.2, 0.25) is 0 Å². The number of hydrogen-bond donors (Lipinski definition) is 1. The zero-order valence-corrected chi connectivity index (χ0v) is 13.0. The van der Waals surface area contributed by atoms with Gasteiger partial charge < -0.3 is 9.47 Å². The molecule has 0 radical (unpaired) electrons. The van der Waals surface area contributed by atoms with Crippen LogP contribution in [0.15, 0.2) is 47.4 Å². The van der Waals surface area contributed by atoms with Crippen LogP contribution in [-0.2, 0) is 10.0 Å². The Balaban J connectivity index is 2.30. The second-order valence-electron chi connectivity index (χ2n) is 4.13. The van der Waals surface area contributed by atoms with Crippen molar-refractivity contribution in [3.05, 3.63) is 47.5 Å². The van der Waals surface area contributed by atoms with Crippen molar-refractivity contribution in [1.82, 2.24) is 0 Å². The number of rotatable bonds is 5. The molecule has 0 atom stereocenters. The Morgan fingerprint density at radius 1 is 1.05 bits per heavy atom. The predicted octanol–water partition coefficient (Wildman–Crippen LogP) is 3.16. The van der Waals surface area contributed by atoms with Crippen molar-refractivity contribution in [2.45, 2.75) is 4.90 Å². The third-order valence-corrected chi connectivity index (χ3v) is 4.43. The van der Waals surface area contributed by atoms with Gasteiger partial charge in [0.05, 0.1) is 29.8 Å². The summed E-state index contributed by atoms with van der Waals surface area (Å²) in [6.07, 6.45) is 0. The number of anilines is 1. The fraction of sp³-hybridized carbons (Fsp3) is 0.143. The third kappa shape index (κ3) is 3.59. The van der Waals surface area contributed by atoms with Crippen LogP contribution in [-0.4, -0.2) is 22.6 Å². The number of nitrogens with one attached hydrogen (secondary N) is 1.